The van der Waals surface area contributed by atoms with Gasteiger partial charge in [0.2, 0.25) is 0 Å². The number of rotatable bonds is 7. The Morgan fingerprint density at radius 3 is 2.74 bits per heavy atom. The average molecular weight is 338 g/mol. The van der Waals surface area contributed by atoms with Crippen LogP contribution in [0.4, 0.5) is 0 Å². The summed E-state index contributed by atoms with van der Waals surface area (Å²) >= 11 is 1.71. The quantitative estimate of drug-likeness (QED) is 0.455. The van der Waals surface area contributed by atoms with Crippen molar-refractivity contribution in [3.05, 3.63) is 16.1 Å². The first-order valence-corrected chi connectivity index (χ1v) is 9.63. The molecule has 6 heteroatoms. The topological polar surface area (TPSA) is 52.6 Å². The number of nitrogens with zero attached hydrogens (tertiary/aromatic N) is 3. The zero-order valence-corrected chi connectivity index (χ0v) is 15.6. The largest absolute Gasteiger partial charge is 0.356 e. The van der Waals surface area contributed by atoms with Crippen LogP contribution in [-0.4, -0.2) is 55.6 Å². The van der Waals surface area contributed by atoms with Gasteiger partial charge in [-0.15, -0.1) is 11.3 Å². The third kappa shape index (κ3) is 6.87. The van der Waals surface area contributed by atoms with Gasteiger partial charge in [-0.05, 0) is 51.7 Å². The van der Waals surface area contributed by atoms with Crippen molar-refractivity contribution in [2.24, 2.45) is 10.9 Å². The van der Waals surface area contributed by atoms with E-state index in [0.29, 0.717) is 0 Å². The van der Waals surface area contributed by atoms with E-state index in [0.717, 1.165) is 42.1 Å². The molecule has 1 fully saturated rings. The minimum atomic E-state index is 0.868. The van der Waals surface area contributed by atoms with E-state index in [1.54, 1.807) is 11.3 Å². The van der Waals surface area contributed by atoms with Gasteiger partial charge in [0.05, 0.1) is 10.7 Å². The number of aliphatic imine (C=N–C) groups is 1. The van der Waals surface area contributed by atoms with Gasteiger partial charge in [-0.2, -0.15) is 0 Å². The highest BCUT2D eigenvalue weighted by Crippen LogP contribution is 2.15. The number of aromatic nitrogens is 1. The van der Waals surface area contributed by atoms with Crippen LogP contribution in [0.15, 0.2) is 10.4 Å². The molecular weight excluding hydrogens is 306 g/mol. The molecule has 1 aliphatic heterocycles. The molecule has 0 aromatic carbocycles. The molecule has 0 saturated carbocycles. The number of hydrogen-bond acceptors (Lipinski definition) is 4. The summed E-state index contributed by atoms with van der Waals surface area (Å²) in [6.45, 7) is 9.97. The standard InChI is InChI=1S/C17H31N5S/c1-14-6-11-22(12-7-14)10-4-8-19-17(18-3)20-9-5-16-13-23-15(2)21-16/h13-14H,4-12H2,1-3H3,(H2,18,19,20). The Balaban J connectivity index is 1.54. The van der Waals surface area contributed by atoms with E-state index in [1.807, 2.05) is 14.0 Å². The van der Waals surface area contributed by atoms with Crippen molar-refractivity contribution in [2.45, 2.75) is 39.5 Å². The number of guanidine groups is 1. The SMILES string of the molecule is CN=C(NCCCN1CCC(C)CC1)NCCc1csc(C)n1. The second-order valence-electron chi connectivity index (χ2n) is 6.41. The van der Waals surface area contributed by atoms with E-state index in [4.69, 9.17) is 0 Å². The van der Waals surface area contributed by atoms with Crippen LogP contribution in [0, 0.1) is 12.8 Å². The fourth-order valence-corrected chi connectivity index (χ4v) is 3.49. The molecule has 1 aromatic heterocycles. The van der Waals surface area contributed by atoms with E-state index in [9.17, 15) is 0 Å². The maximum absolute atomic E-state index is 4.48. The van der Waals surface area contributed by atoms with E-state index in [1.165, 1.54) is 38.9 Å². The normalized spacial score (nSPS) is 17.4. The van der Waals surface area contributed by atoms with Crippen LogP contribution in [-0.2, 0) is 6.42 Å². The first-order valence-electron chi connectivity index (χ1n) is 8.75. The van der Waals surface area contributed by atoms with E-state index in [-0.39, 0.29) is 0 Å². The van der Waals surface area contributed by atoms with Crippen molar-refractivity contribution in [3.63, 3.8) is 0 Å². The smallest absolute Gasteiger partial charge is 0.190 e. The lowest BCUT2D eigenvalue weighted by molar-refractivity contribution is 0.191. The zero-order valence-electron chi connectivity index (χ0n) is 14.8. The molecular formula is C17H31N5S. The molecule has 0 atom stereocenters. The van der Waals surface area contributed by atoms with Gasteiger partial charge < -0.3 is 15.5 Å². The molecule has 0 aliphatic carbocycles. The zero-order chi connectivity index (χ0) is 16.5. The Bertz CT molecular complexity index is 477. The fourth-order valence-electron chi connectivity index (χ4n) is 2.85. The summed E-state index contributed by atoms with van der Waals surface area (Å²) in [5.74, 6) is 1.80. The maximum atomic E-state index is 4.48. The minimum Gasteiger partial charge on any atom is -0.356 e. The summed E-state index contributed by atoms with van der Waals surface area (Å²) in [6, 6.07) is 0. The molecule has 1 saturated heterocycles. The Morgan fingerprint density at radius 1 is 1.35 bits per heavy atom. The fraction of sp³-hybridized carbons (Fsp3) is 0.765. The molecule has 0 spiro atoms. The molecule has 1 aliphatic rings. The lowest BCUT2D eigenvalue weighted by atomic mass is 9.99. The van der Waals surface area contributed by atoms with Gasteiger partial charge in [0.15, 0.2) is 5.96 Å². The molecule has 1 aromatic rings. The van der Waals surface area contributed by atoms with Crippen LogP contribution in [0.5, 0.6) is 0 Å². The highest BCUT2D eigenvalue weighted by molar-refractivity contribution is 7.09. The monoisotopic (exact) mass is 337 g/mol. The van der Waals surface area contributed by atoms with Crippen LogP contribution in [0.3, 0.4) is 0 Å². The number of aryl methyl sites for hydroxylation is 1. The molecule has 23 heavy (non-hydrogen) atoms. The van der Waals surface area contributed by atoms with Crippen LogP contribution >= 0.6 is 11.3 Å². The predicted molar refractivity (Wildman–Crippen MR) is 99.4 cm³/mol. The van der Waals surface area contributed by atoms with Crippen molar-refractivity contribution in [2.75, 3.05) is 39.8 Å². The van der Waals surface area contributed by atoms with Crippen LogP contribution < -0.4 is 10.6 Å². The van der Waals surface area contributed by atoms with Crippen molar-refractivity contribution in [1.82, 2.24) is 20.5 Å². The second-order valence-corrected chi connectivity index (χ2v) is 7.47. The van der Waals surface area contributed by atoms with Gasteiger partial charge >= 0.3 is 0 Å². The summed E-state index contributed by atoms with van der Waals surface area (Å²) < 4.78 is 0. The van der Waals surface area contributed by atoms with Gasteiger partial charge in [0.25, 0.3) is 0 Å². The minimum absolute atomic E-state index is 0.868. The van der Waals surface area contributed by atoms with Crippen LogP contribution in [0.2, 0.25) is 0 Å². The van der Waals surface area contributed by atoms with Crippen molar-refractivity contribution in [3.8, 4) is 0 Å². The third-order valence-corrected chi connectivity index (χ3v) is 5.21. The number of thiazole rings is 1. The van der Waals surface area contributed by atoms with Crippen LogP contribution in [0.25, 0.3) is 0 Å². The van der Waals surface area contributed by atoms with Crippen molar-refractivity contribution >= 4 is 17.3 Å². The number of nitrogens with one attached hydrogen (secondary N) is 2. The van der Waals surface area contributed by atoms with E-state index < -0.39 is 0 Å². The summed E-state index contributed by atoms with van der Waals surface area (Å²) in [7, 11) is 1.83. The molecule has 0 amide bonds. The molecule has 130 valence electrons. The highest BCUT2D eigenvalue weighted by Gasteiger charge is 2.14. The maximum Gasteiger partial charge on any atom is 0.190 e. The Labute approximate surface area is 144 Å². The summed E-state index contributed by atoms with van der Waals surface area (Å²) in [4.78, 5) is 11.3. The molecule has 2 heterocycles. The van der Waals surface area contributed by atoms with Gasteiger partial charge in [-0.3, -0.25) is 4.99 Å². The van der Waals surface area contributed by atoms with Gasteiger partial charge in [-0.1, -0.05) is 6.92 Å². The number of hydrogen-bond donors (Lipinski definition) is 2. The van der Waals surface area contributed by atoms with Crippen LogP contribution in [0.1, 0.15) is 36.9 Å². The van der Waals surface area contributed by atoms with Gasteiger partial charge in [-0.25, -0.2) is 4.98 Å². The molecule has 0 radical (unpaired) electrons. The average Bonchev–Trinajstić information content (AvgIpc) is 2.97. The van der Waals surface area contributed by atoms with Gasteiger partial charge in [0, 0.05) is 31.9 Å². The predicted octanol–water partition coefficient (Wildman–Crippen LogP) is 2.28. The first-order chi connectivity index (χ1) is 11.2. The molecule has 2 rings (SSSR count). The number of piperidine rings is 1. The lowest BCUT2D eigenvalue weighted by Gasteiger charge is -2.30. The first kappa shape index (κ1) is 18.2. The van der Waals surface area contributed by atoms with E-state index in [2.05, 4.69) is 37.8 Å². The Morgan fingerprint density at radius 2 is 2.09 bits per heavy atom. The molecule has 0 unspecified atom stereocenters. The lowest BCUT2D eigenvalue weighted by Crippen LogP contribution is -2.40. The summed E-state index contributed by atoms with van der Waals surface area (Å²) in [5, 5.41) is 10.0. The van der Waals surface area contributed by atoms with Crippen molar-refractivity contribution in [1.29, 1.82) is 0 Å². The summed E-state index contributed by atoms with van der Waals surface area (Å²) in [5.41, 5.74) is 1.16. The van der Waals surface area contributed by atoms with E-state index >= 15 is 0 Å². The number of likely N-dealkylation sites (tertiary alicyclic amines) is 1. The molecule has 2 N–H and O–H groups in total. The van der Waals surface area contributed by atoms with Gasteiger partial charge in [0.1, 0.15) is 0 Å². The molecule has 5 nitrogen and oxygen atoms in total. The van der Waals surface area contributed by atoms with Crippen molar-refractivity contribution < 1.29 is 0 Å². The third-order valence-electron chi connectivity index (χ3n) is 4.38. The molecule has 0 bridgehead atoms. The highest BCUT2D eigenvalue weighted by atomic mass is 32.1. The second kappa shape index (κ2) is 9.88. The Hall–Kier alpha value is -1.14. The summed E-state index contributed by atoms with van der Waals surface area (Å²) in [6.07, 6.45) is 4.82. The Kier molecular flexibility index (Phi) is 7.82.